The van der Waals surface area contributed by atoms with E-state index in [-0.39, 0.29) is 0 Å². The lowest BCUT2D eigenvalue weighted by atomic mass is 10.2. The normalized spacial score (nSPS) is 17.9. The van der Waals surface area contributed by atoms with Crippen LogP contribution in [0.4, 0.5) is 0 Å². The molecule has 1 fully saturated rings. The number of aryl methyl sites for hydroxylation is 1. The third-order valence-corrected chi connectivity index (χ3v) is 3.65. The number of hydrogen-bond donors (Lipinski definition) is 0. The number of hydrogen-bond acceptors (Lipinski definition) is 3. The van der Waals surface area contributed by atoms with Gasteiger partial charge in [-0.05, 0) is 31.7 Å². The Morgan fingerprint density at radius 2 is 1.94 bits per heavy atom. The van der Waals surface area contributed by atoms with E-state index in [0.717, 1.165) is 55.7 Å². The first kappa shape index (κ1) is 13.7. The van der Waals surface area contributed by atoms with Crippen molar-refractivity contribution in [2.24, 2.45) is 0 Å². The minimum Gasteiger partial charge on any atom is -0.492 e. The summed E-state index contributed by atoms with van der Waals surface area (Å²) in [6.45, 7) is 8.32. The van der Waals surface area contributed by atoms with Gasteiger partial charge in [0.1, 0.15) is 12.4 Å². The van der Waals surface area contributed by atoms with E-state index in [1.165, 1.54) is 0 Å². The van der Waals surface area contributed by atoms with Crippen molar-refractivity contribution in [2.75, 3.05) is 46.4 Å². The fourth-order valence-electron chi connectivity index (χ4n) is 2.09. The van der Waals surface area contributed by atoms with Gasteiger partial charge in [-0.15, -0.1) is 0 Å². The summed E-state index contributed by atoms with van der Waals surface area (Å²) < 4.78 is 5.81. The molecule has 0 unspecified atom stereocenters. The van der Waals surface area contributed by atoms with Gasteiger partial charge in [0, 0.05) is 37.7 Å². The molecule has 2 rings (SSSR count). The average Bonchev–Trinajstić information content (AvgIpc) is 2.36. The van der Waals surface area contributed by atoms with Gasteiger partial charge in [-0.1, -0.05) is 17.7 Å². The summed E-state index contributed by atoms with van der Waals surface area (Å²) in [6, 6.07) is 5.78. The maximum Gasteiger partial charge on any atom is 0.123 e. The summed E-state index contributed by atoms with van der Waals surface area (Å²) in [5.74, 6) is 0.900. The van der Waals surface area contributed by atoms with Crippen molar-refractivity contribution >= 4 is 11.6 Å². The van der Waals surface area contributed by atoms with Gasteiger partial charge in [0.2, 0.25) is 0 Å². The number of ether oxygens (including phenoxy) is 1. The number of likely N-dealkylation sites (N-methyl/N-ethyl adjacent to an activating group) is 1. The highest BCUT2D eigenvalue weighted by molar-refractivity contribution is 6.30. The molecule has 0 amide bonds. The standard InChI is InChI=1S/C14H21ClN2O/c1-12-3-4-13(15)11-14(12)18-10-9-17-7-5-16(2)6-8-17/h3-4,11H,5-10H2,1-2H3. The second kappa shape index (κ2) is 6.41. The Balaban J connectivity index is 1.76. The Labute approximate surface area is 114 Å². The third kappa shape index (κ3) is 3.87. The van der Waals surface area contributed by atoms with Crippen LogP contribution in [0.1, 0.15) is 5.56 Å². The predicted molar refractivity (Wildman–Crippen MR) is 75.6 cm³/mol. The number of piperazine rings is 1. The second-order valence-electron chi connectivity index (χ2n) is 4.90. The smallest absolute Gasteiger partial charge is 0.123 e. The number of halogens is 1. The molecule has 1 aromatic rings. The van der Waals surface area contributed by atoms with Gasteiger partial charge in [-0.3, -0.25) is 4.90 Å². The highest BCUT2D eigenvalue weighted by atomic mass is 35.5. The van der Waals surface area contributed by atoms with Crippen molar-refractivity contribution in [2.45, 2.75) is 6.92 Å². The van der Waals surface area contributed by atoms with E-state index in [2.05, 4.69) is 16.8 Å². The summed E-state index contributed by atoms with van der Waals surface area (Å²) in [6.07, 6.45) is 0. The van der Waals surface area contributed by atoms with Crippen LogP contribution < -0.4 is 4.74 Å². The van der Waals surface area contributed by atoms with Gasteiger partial charge in [0.15, 0.2) is 0 Å². The van der Waals surface area contributed by atoms with E-state index >= 15 is 0 Å². The van der Waals surface area contributed by atoms with Crippen molar-refractivity contribution in [1.82, 2.24) is 9.80 Å². The van der Waals surface area contributed by atoms with Crippen LogP contribution in [0, 0.1) is 6.92 Å². The SMILES string of the molecule is Cc1ccc(Cl)cc1OCCN1CCN(C)CC1. The molecule has 0 spiro atoms. The molecule has 0 N–H and O–H groups in total. The molecule has 1 saturated heterocycles. The largest absolute Gasteiger partial charge is 0.492 e. The molecule has 0 radical (unpaired) electrons. The molecule has 1 heterocycles. The minimum absolute atomic E-state index is 0.727. The Hall–Kier alpha value is -0.770. The Bertz CT molecular complexity index is 389. The van der Waals surface area contributed by atoms with Crippen molar-refractivity contribution in [3.63, 3.8) is 0 Å². The quantitative estimate of drug-likeness (QED) is 0.833. The number of rotatable bonds is 4. The molecule has 4 heteroatoms. The van der Waals surface area contributed by atoms with Gasteiger partial charge >= 0.3 is 0 Å². The molecular weight excluding hydrogens is 248 g/mol. The van der Waals surface area contributed by atoms with Crippen LogP contribution in [-0.2, 0) is 0 Å². The minimum atomic E-state index is 0.727. The third-order valence-electron chi connectivity index (χ3n) is 3.41. The summed E-state index contributed by atoms with van der Waals surface area (Å²) in [7, 11) is 2.17. The van der Waals surface area contributed by atoms with Crippen LogP contribution in [-0.4, -0.2) is 56.2 Å². The zero-order chi connectivity index (χ0) is 13.0. The van der Waals surface area contributed by atoms with Crippen LogP contribution in [0.15, 0.2) is 18.2 Å². The zero-order valence-electron chi connectivity index (χ0n) is 11.2. The monoisotopic (exact) mass is 268 g/mol. The van der Waals surface area contributed by atoms with Gasteiger partial charge in [-0.2, -0.15) is 0 Å². The van der Waals surface area contributed by atoms with Gasteiger partial charge in [-0.25, -0.2) is 0 Å². The number of nitrogens with zero attached hydrogens (tertiary/aromatic N) is 2. The Morgan fingerprint density at radius 3 is 2.67 bits per heavy atom. The summed E-state index contributed by atoms with van der Waals surface area (Å²) >= 11 is 5.96. The van der Waals surface area contributed by atoms with E-state index in [4.69, 9.17) is 16.3 Å². The van der Waals surface area contributed by atoms with Crippen molar-refractivity contribution < 1.29 is 4.74 Å². The fourth-order valence-corrected chi connectivity index (χ4v) is 2.25. The first-order valence-electron chi connectivity index (χ1n) is 6.45. The van der Waals surface area contributed by atoms with Crippen molar-refractivity contribution in [1.29, 1.82) is 0 Å². The molecule has 0 atom stereocenters. The van der Waals surface area contributed by atoms with E-state index < -0.39 is 0 Å². The highest BCUT2D eigenvalue weighted by Gasteiger charge is 2.13. The highest BCUT2D eigenvalue weighted by Crippen LogP contribution is 2.22. The molecule has 1 aliphatic heterocycles. The lowest BCUT2D eigenvalue weighted by Crippen LogP contribution is -2.45. The molecule has 1 aromatic carbocycles. The van der Waals surface area contributed by atoms with Gasteiger partial charge in [0.05, 0.1) is 0 Å². The molecule has 0 aliphatic carbocycles. The average molecular weight is 269 g/mol. The van der Waals surface area contributed by atoms with E-state index in [9.17, 15) is 0 Å². The second-order valence-corrected chi connectivity index (χ2v) is 5.34. The molecule has 100 valence electrons. The Morgan fingerprint density at radius 1 is 1.22 bits per heavy atom. The predicted octanol–water partition coefficient (Wildman–Crippen LogP) is 2.27. The number of benzene rings is 1. The van der Waals surface area contributed by atoms with Crippen LogP contribution in [0.25, 0.3) is 0 Å². The van der Waals surface area contributed by atoms with E-state index in [0.29, 0.717) is 0 Å². The van der Waals surface area contributed by atoms with Crippen LogP contribution >= 0.6 is 11.6 Å². The van der Waals surface area contributed by atoms with Gasteiger partial charge < -0.3 is 9.64 Å². The summed E-state index contributed by atoms with van der Waals surface area (Å²) in [5, 5.41) is 0.732. The molecule has 18 heavy (non-hydrogen) atoms. The van der Waals surface area contributed by atoms with E-state index in [1.54, 1.807) is 0 Å². The van der Waals surface area contributed by atoms with Gasteiger partial charge in [0.25, 0.3) is 0 Å². The molecule has 0 bridgehead atoms. The fraction of sp³-hybridized carbons (Fsp3) is 0.571. The molecule has 3 nitrogen and oxygen atoms in total. The first-order valence-corrected chi connectivity index (χ1v) is 6.83. The summed E-state index contributed by atoms with van der Waals surface area (Å²) in [4.78, 5) is 4.80. The van der Waals surface area contributed by atoms with Crippen molar-refractivity contribution in [3.8, 4) is 5.75 Å². The van der Waals surface area contributed by atoms with Crippen LogP contribution in [0.5, 0.6) is 5.75 Å². The topological polar surface area (TPSA) is 15.7 Å². The summed E-state index contributed by atoms with van der Waals surface area (Å²) in [5.41, 5.74) is 1.14. The maximum atomic E-state index is 5.96. The van der Waals surface area contributed by atoms with Crippen LogP contribution in [0.2, 0.25) is 5.02 Å². The van der Waals surface area contributed by atoms with Crippen LogP contribution in [0.3, 0.4) is 0 Å². The van der Waals surface area contributed by atoms with E-state index in [1.807, 2.05) is 25.1 Å². The lowest BCUT2D eigenvalue weighted by molar-refractivity contribution is 0.133. The molecule has 1 aliphatic rings. The zero-order valence-corrected chi connectivity index (χ0v) is 11.9. The maximum absolute atomic E-state index is 5.96. The molecular formula is C14H21ClN2O. The molecule has 0 saturated carbocycles. The van der Waals surface area contributed by atoms with Crippen molar-refractivity contribution in [3.05, 3.63) is 28.8 Å². The molecule has 0 aromatic heterocycles. The lowest BCUT2D eigenvalue weighted by Gasteiger charge is -2.32. The Kier molecular flexibility index (Phi) is 4.87. The first-order chi connectivity index (χ1) is 8.65.